The Bertz CT molecular complexity index is 1130. The molecule has 0 saturated heterocycles. The number of hydrogen-bond donors (Lipinski definition) is 1. The average molecular weight is 453 g/mol. The largest absolute Gasteiger partial charge is 0.467 e. The zero-order chi connectivity index (χ0) is 21.6. The summed E-state index contributed by atoms with van der Waals surface area (Å²) in [5, 5.41) is 13.0. The van der Waals surface area contributed by atoms with Gasteiger partial charge in [0.25, 0.3) is 0 Å². The standard InChI is InChI=1S/C23H21ClN4O2S/c1-16(17-6-3-2-4-7-17)25-21(29)15-31-23-27-26-22(18-9-11-19(24)12-10-18)28(23)14-20-8-5-13-30-20/h2-13,16H,14-15H2,1H3,(H,25,29). The maximum Gasteiger partial charge on any atom is 0.230 e. The molecule has 0 radical (unpaired) electrons. The lowest BCUT2D eigenvalue weighted by Crippen LogP contribution is -2.28. The first-order valence-electron chi connectivity index (χ1n) is 9.79. The van der Waals surface area contributed by atoms with E-state index < -0.39 is 0 Å². The smallest absolute Gasteiger partial charge is 0.230 e. The number of carbonyl (C=O) groups excluding carboxylic acids is 1. The molecule has 0 aliphatic rings. The fourth-order valence-electron chi connectivity index (χ4n) is 3.15. The van der Waals surface area contributed by atoms with Crippen molar-refractivity contribution in [3.05, 3.63) is 89.3 Å². The van der Waals surface area contributed by atoms with Crippen LogP contribution in [0.25, 0.3) is 11.4 Å². The van der Waals surface area contributed by atoms with Crippen molar-refractivity contribution in [1.82, 2.24) is 20.1 Å². The summed E-state index contributed by atoms with van der Waals surface area (Å²) in [5.74, 6) is 1.63. The molecule has 2 aromatic carbocycles. The Kier molecular flexibility index (Phi) is 6.74. The molecule has 31 heavy (non-hydrogen) atoms. The van der Waals surface area contributed by atoms with E-state index in [1.54, 1.807) is 6.26 Å². The minimum absolute atomic E-state index is 0.0676. The average Bonchev–Trinajstić information content (AvgIpc) is 3.44. The number of nitrogens with zero attached hydrogens (tertiary/aromatic N) is 3. The first-order chi connectivity index (χ1) is 15.1. The van der Waals surface area contributed by atoms with E-state index in [1.807, 2.05) is 78.2 Å². The fraction of sp³-hybridized carbons (Fsp3) is 0.174. The molecule has 2 aromatic heterocycles. The van der Waals surface area contributed by atoms with Crippen LogP contribution in [0.3, 0.4) is 0 Å². The molecule has 0 spiro atoms. The van der Waals surface area contributed by atoms with Gasteiger partial charge < -0.3 is 9.73 Å². The van der Waals surface area contributed by atoms with Gasteiger partial charge in [0.15, 0.2) is 11.0 Å². The van der Waals surface area contributed by atoms with Crippen molar-refractivity contribution < 1.29 is 9.21 Å². The molecular weight excluding hydrogens is 432 g/mol. The highest BCUT2D eigenvalue weighted by atomic mass is 35.5. The van der Waals surface area contributed by atoms with Crippen LogP contribution in [0.2, 0.25) is 5.02 Å². The highest BCUT2D eigenvalue weighted by Crippen LogP contribution is 2.26. The number of thioether (sulfide) groups is 1. The van der Waals surface area contributed by atoms with Crippen LogP contribution in [0.15, 0.2) is 82.6 Å². The summed E-state index contributed by atoms with van der Waals surface area (Å²) in [6, 6.07) is 21.0. The van der Waals surface area contributed by atoms with Crippen LogP contribution in [-0.4, -0.2) is 26.4 Å². The van der Waals surface area contributed by atoms with Crippen LogP contribution >= 0.6 is 23.4 Å². The molecule has 6 nitrogen and oxygen atoms in total. The summed E-state index contributed by atoms with van der Waals surface area (Å²) < 4.78 is 7.46. The number of amides is 1. The van der Waals surface area contributed by atoms with Gasteiger partial charge in [0, 0.05) is 10.6 Å². The molecule has 0 bridgehead atoms. The lowest BCUT2D eigenvalue weighted by molar-refractivity contribution is -0.119. The number of rotatable bonds is 8. The zero-order valence-corrected chi connectivity index (χ0v) is 18.4. The van der Waals surface area contributed by atoms with Crippen molar-refractivity contribution in [1.29, 1.82) is 0 Å². The summed E-state index contributed by atoms with van der Waals surface area (Å²) in [7, 11) is 0. The first-order valence-corrected chi connectivity index (χ1v) is 11.1. The molecule has 0 fully saturated rings. The Hall–Kier alpha value is -3.03. The minimum atomic E-state index is -0.0695. The Balaban J connectivity index is 1.49. The fourth-order valence-corrected chi connectivity index (χ4v) is 4.02. The van der Waals surface area contributed by atoms with Gasteiger partial charge in [-0.3, -0.25) is 9.36 Å². The van der Waals surface area contributed by atoms with Gasteiger partial charge in [0.05, 0.1) is 24.6 Å². The van der Waals surface area contributed by atoms with Crippen LogP contribution in [0.4, 0.5) is 0 Å². The van der Waals surface area contributed by atoms with Crippen LogP contribution in [-0.2, 0) is 11.3 Å². The van der Waals surface area contributed by atoms with Crippen LogP contribution in [0.1, 0.15) is 24.3 Å². The number of carbonyl (C=O) groups is 1. The second kappa shape index (κ2) is 9.85. The molecule has 0 aliphatic carbocycles. The van der Waals surface area contributed by atoms with Crippen molar-refractivity contribution in [2.45, 2.75) is 24.7 Å². The SMILES string of the molecule is CC(NC(=O)CSc1nnc(-c2ccc(Cl)cc2)n1Cc1ccco1)c1ccccc1. The van der Waals surface area contributed by atoms with Gasteiger partial charge in [0.2, 0.25) is 5.91 Å². The summed E-state index contributed by atoms with van der Waals surface area (Å²) >= 11 is 7.37. The summed E-state index contributed by atoms with van der Waals surface area (Å²) in [4.78, 5) is 12.5. The number of hydrogen-bond acceptors (Lipinski definition) is 5. The van der Waals surface area contributed by atoms with E-state index in [0.29, 0.717) is 22.5 Å². The Morgan fingerprint density at radius 3 is 2.58 bits per heavy atom. The molecule has 1 unspecified atom stereocenters. The van der Waals surface area contributed by atoms with Crippen LogP contribution in [0, 0.1) is 0 Å². The minimum Gasteiger partial charge on any atom is -0.467 e. The van der Waals surface area contributed by atoms with Gasteiger partial charge in [0.1, 0.15) is 5.76 Å². The second-order valence-electron chi connectivity index (χ2n) is 6.97. The maximum absolute atomic E-state index is 12.5. The molecule has 1 N–H and O–H groups in total. The third kappa shape index (κ3) is 5.37. The predicted octanol–water partition coefficient (Wildman–Crippen LogP) is 5.21. The Morgan fingerprint density at radius 2 is 1.87 bits per heavy atom. The van der Waals surface area contributed by atoms with Crippen molar-refractivity contribution in [3.63, 3.8) is 0 Å². The van der Waals surface area contributed by atoms with E-state index >= 15 is 0 Å². The molecule has 4 rings (SSSR count). The number of aromatic nitrogens is 3. The third-order valence-electron chi connectivity index (χ3n) is 4.72. The van der Waals surface area contributed by atoms with E-state index in [0.717, 1.165) is 16.9 Å². The van der Waals surface area contributed by atoms with Gasteiger partial charge in [-0.15, -0.1) is 10.2 Å². The highest BCUT2D eigenvalue weighted by Gasteiger charge is 2.18. The monoisotopic (exact) mass is 452 g/mol. The molecule has 158 valence electrons. The first kappa shape index (κ1) is 21.2. The quantitative estimate of drug-likeness (QED) is 0.371. The van der Waals surface area contributed by atoms with E-state index in [1.165, 1.54) is 11.8 Å². The zero-order valence-electron chi connectivity index (χ0n) is 16.9. The molecule has 0 saturated carbocycles. The Morgan fingerprint density at radius 1 is 1.10 bits per heavy atom. The van der Waals surface area contributed by atoms with Gasteiger partial charge >= 0.3 is 0 Å². The Labute approximate surface area is 189 Å². The van der Waals surface area contributed by atoms with E-state index in [-0.39, 0.29) is 17.7 Å². The lowest BCUT2D eigenvalue weighted by Gasteiger charge is -2.14. The number of furan rings is 1. The van der Waals surface area contributed by atoms with Crippen LogP contribution < -0.4 is 5.32 Å². The number of halogens is 1. The topological polar surface area (TPSA) is 73.0 Å². The predicted molar refractivity (Wildman–Crippen MR) is 122 cm³/mol. The van der Waals surface area contributed by atoms with Crippen molar-refractivity contribution in [3.8, 4) is 11.4 Å². The maximum atomic E-state index is 12.5. The summed E-state index contributed by atoms with van der Waals surface area (Å²) in [6.45, 7) is 2.43. The normalized spacial score (nSPS) is 11.9. The molecule has 8 heteroatoms. The number of benzene rings is 2. The molecular formula is C23H21ClN4O2S. The highest BCUT2D eigenvalue weighted by molar-refractivity contribution is 7.99. The molecule has 1 amide bonds. The van der Waals surface area contributed by atoms with Gasteiger partial charge in [-0.2, -0.15) is 0 Å². The van der Waals surface area contributed by atoms with Gasteiger partial charge in [-0.25, -0.2) is 0 Å². The molecule has 0 aliphatic heterocycles. The van der Waals surface area contributed by atoms with E-state index in [9.17, 15) is 4.79 Å². The molecule has 4 aromatic rings. The molecule has 1 atom stereocenters. The summed E-state index contributed by atoms with van der Waals surface area (Å²) in [6.07, 6.45) is 1.63. The summed E-state index contributed by atoms with van der Waals surface area (Å²) in [5.41, 5.74) is 1.95. The van der Waals surface area contributed by atoms with E-state index in [4.69, 9.17) is 16.0 Å². The van der Waals surface area contributed by atoms with Crippen molar-refractivity contribution in [2.75, 3.05) is 5.75 Å². The molecule has 2 heterocycles. The van der Waals surface area contributed by atoms with Crippen molar-refractivity contribution in [2.24, 2.45) is 0 Å². The second-order valence-corrected chi connectivity index (χ2v) is 8.35. The van der Waals surface area contributed by atoms with E-state index in [2.05, 4.69) is 15.5 Å². The van der Waals surface area contributed by atoms with Gasteiger partial charge in [-0.1, -0.05) is 53.7 Å². The van der Waals surface area contributed by atoms with Crippen LogP contribution in [0.5, 0.6) is 0 Å². The van der Waals surface area contributed by atoms with Gasteiger partial charge in [-0.05, 0) is 48.9 Å². The number of nitrogens with one attached hydrogen (secondary N) is 1. The third-order valence-corrected chi connectivity index (χ3v) is 5.94. The van der Waals surface area contributed by atoms with Crippen molar-refractivity contribution >= 4 is 29.3 Å². The lowest BCUT2D eigenvalue weighted by atomic mass is 10.1.